The van der Waals surface area contributed by atoms with Gasteiger partial charge in [-0.15, -0.1) is 11.3 Å². The molecule has 2 aromatic carbocycles. The normalized spacial score (nSPS) is 14.9. The molecule has 1 aliphatic rings. The predicted octanol–water partition coefficient (Wildman–Crippen LogP) is 5.33. The summed E-state index contributed by atoms with van der Waals surface area (Å²) in [5, 5.41) is 2.56. The van der Waals surface area contributed by atoms with Crippen molar-refractivity contribution in [2.75, 3.05) is 0 Å². The summed E-state index contributed by atoms with van der Waals surface area (Å²) in [5.41, 5.74) is 1.87. The SMILES string of the molecule is O=C1OC(c2cccs2)=N/C1=C\c1ccccc1OCc1ccccc1Cl. The van der Waals surface area contributed by atoms with E-state index in [0.29, 0.717) is 23.3 Å². The Bertz CT molecular complexity index is 1040. The third-order valence-electron chi connectivity index (χ3n) is 3.90. The van der Waals surface area contributed by atoms with Crippen LogP contribution in [0.5, 0.6) is 5.75 Å². The van der Waals surface area contributed by atoms with Crippen molar-refractivity contribution in [3.05, 3.63) is 92.8 Å². The first-order valence-corrected chi connectivity index (χ1v) is 9.48. The summed E-state index contributed by atoms with van der Waals surface area (Å²) in [4.78, 5) is 17.3. The molecule has 6 heteroatoms. The van der Waals surface area contributed by atoms with Crippen LogP contribution in [-0.4, -0.2) is 11.9 Å². The van der Waals surface area contributed by atoms with Crippen LogP contribution in [-0.2, 0) is 16.1 Å². The molecule has 0 radical (unpaired) electrons. The molecular formula is C21H14ClNO3S. The van der Waals surface area contributed by atoms with Crippen molar-refractivity contribution in [1.29, 1.82) is 0 Å². The van der Waals surface area contributed by atoms with Gasteiger partial charge in [-0.3, -0.25) is 0 Å². The van der Waals surface area contributed by atoms with Gasteiger partial charge in [-0.1, -0.05) is 54.1 Å². The van der Waals surface area contributed by atoms with Crippen molar-refractivity contribution in [2.45, 2.75) is 6.61 Å². The first kappa shape index (κ1) is 17.5. The third kappa shape index (κ3) is 3.94. The van der Waals surface area contributed by atoms with E-state index in [1.807, 2.05) is 66.0 Å². The first-order valence-electron chi connectivity index (χ1n) is 8.22. The van der Waals surface area contributed by atoms with E-state index in [1.165, 1.54) is 11.3 Å². The van der Waals surface area contributed by atoms with Crippen molar-refractivity contribution in [1.82, 2.24) is 0 Å². The second-order valence-electron chi connectivity index (χ2n) is 5.73. The molecule has 0 saturated heterocycles. The lowest BCUT2D eigenvalue weighted by Gasteiger charge is -2.10. The number of ether oxygens (including phenoxy) is 2. The molecular weight excluding hydrogens is 382 g/mol. The summed E-state index contributed by atoms with van der Waals surface area (Å²) in [5.74, 6) is 0.493. The Hall–Kier alpha value is -2.89. The van der Waals surface area contributed by atoms with Crippen molar-refractivity contribution < 1.29 is 14.3 Å². The largest absolute Gasteiger partial charge is 0.488 e. The summed E-state index contributed by atoms with van der Waals surface area (Å²) in [6, 6.07) is 18.7. The number of esters is 1. The number of para-hydroxylation sites is 1. The van der Waals surface area contributed by atoms with E-state index in [-0.39, 0.29) is 5.70 Å². The van der Waals surface area contributed by atoms with Gasteiger partial charge < -0.3 is 9.47 Å². The first-order chi connectivity index (χ1) is 13.2. The number of rotatable bonds is 5. The highest BCUT2D eigenvalue weighted by Gasteiger charge is 2.25. The molecule has 4 nitrogen and oxygen atoms in total. The van der Waals surface area contributed by atoms with Crippen LogP contribution in [0.3, 0.4) is 0 Å². The lowest BCUT2D eigenvalue weighted by atomic mass is 10.1. The summed E-state index contributed by atoms with van der Waals surface area (Å²) in [6.45, 7) is 0.327. The molecule has 0 atom stereocenters. The number of benzene rings is 2. The fourth-order valence-corrected chi connectivity index (χ4v) is 3.40. The van der Waals surface area contributed by atoms with Crippen LogP contribution in [0.4, 0.5) is 0 Å². The Balaban J connectivity index is 1.59. The zero-order valence-electron chi connectivity index (χ0n) is 14.1. The molecule has 1 aromatic heterocycles. The lowest BCUT2D eigenvalue weighted by molar-refractivity contribution is -0.129. The molecule has 0 N–H and O–H groups in total. The fraction of sp³-hybridized carbons (Fsp3) is 0.0476. The van der Waals surface area contributed by atoms with Crippen molar-refractivity contribution in [2.24, 2.45) is 4.99 Å². The number of carbonyl (C=O) groups is 1. The highest BCUT2D eigenvalue weighted by molar-refractivity contribution is 7.12. The molecule has 0 amide bonds. The maximum atomic E-state index is 12.2. The second-order valence-corrected chi connectivity index (χ2v) is 7.09. The Labute approximate surface area is 165 Å². The van der Waals surface area contributed by atoms with E-state index < -0.39 is 5.97 Å². The van der Waals surface area contributed by atoms with Gasteiger partial charge in [0.1, 0.15) is 12.4 Å². The Morgan fingerprint density at radius 2 is 1.89 bits per heavy atom. The van der Waals surface area contributed by atoms with Crippen LogP contribution in [0.1, 0.15) is 16.0 Å². The fourth-order valence-electron chi connectivity index (χ4n) is 2.56. The number of nitrogens with zero attached hydrogens (tertiary/aromatic N) is 1. The number of halogens is 1. The van der Waals surface area contributed by atoms with Gasteiger partial charge in [0, 0.05) is 16.1 Å². The van der Waals surface area contributed by atoms with Gasteiger partial charge in [0.2, 0.25) is 5.90 Å². The standard InChI is InChI=1S/C21H14ClNO3S/c22-16-8-3-1-7-15(16)13-25-18-9-4-2-6-14(18)12-17-21(24)26-20(23-17)19-10-5-11-27-19/h1-12H,13H2/b17-12-. The van der Waals surface area contributed by atoms with Crippen LogP contribution >= 0.6 is 22.9 Å². The molecule has 1 aliphatic heterocycles. The van der Waals surface area contributed by atoms with Crippen LogP contribution in [0.2, 0.25) is 5.02 Å². The van der Waals surface area contributed by atoms with Crippen LogP contribution in [0, 0.1) is 0 Å². The smallest absolute Gasteiger partial charge is 0.363 e. The summed E-state index contributed by atoms with van der Waals surface area (Å²) < 4.78 is 11.2. The van der Waals surface area contributed by atoms with E-state index >= 15 is 0 Å². The van der Waals surface area contributed by atoms with Gasteiger partial charge in [-0.2, -0.15) is 0 Å². The van der Waals surface area contributed by atoms with Gasteiger partial charge in [-0.05, 0) is 29.7 Å². The summed E-state index contributed by atoms with van der Waals surface area (Å²) >= 11 is 7.65. The Morgan fingerprint density at radius 3 is 2.70 bits per heavy atom. The van der Waals surface area contributed by atoms with Crippen LogP contribution in [0.15, 0.2) is 76.7 Å². The van der Waals surface area contributed by atoms with E-state index in [1.54, 1.807) is 6.08 Å². The number of aliphatic imine (C=N–C) groups is 1. The third-order valence-corrected chi connectivity index (χ3v) is 5.13. The maximum absolute atomic E-state index is 12.2. The molecule has 27 heavy (non-hydrogen) atoms. The number of hydrogen-bond acceptors (Lipinski definition) is 5. The summed E-state index contributed by atoms with van der Waals surface area (Å²) in [6.07, 6.45) is 1.67. The van der Waals surface area contributed by atoms with E-state index in [0.717, 1.165) is 16.0 Å². The zero-order valence-corrected chi connectivity index (χ0v) is 15.7. The van der Waals surface area contributed by atoms with Gasteiger partial charge in [-0.25, -0.2) is 9.79 Å². The van der Waals surface area contributed by atoms with Crippen molar-refractivity contribution in [3.8, 4) is 5.75 Å². The molecule has 0 aliphatic carbocycles. The van der Waals surface area contributed by atoms with Gasteiger partial charge >= 0.3 is 5.97 Å². The highest BCUT2D eigenvalue weighted by Crippen LogP contribution is 2.27. The quantitative estimate of drug-likeness (QED) is 0.433. The minimum atomic E-state index is -0.473. The number of hydrogen-bond donors (Lipinski definition) is 0. The average molecular weight is 396 g/mol. The molecule has 4 rings (SSSR count). The Kier molecular flexibility index (Phi) is 5.05. The average Bonchev–Trinajstić information content (AvgIpc) is 3.33. The molecule has 0 unspecified atom stereocenters. The topological polar surface area (TPSA) is 47.9 Å². The predicted molar refractivity (Wildman–Crippen MR) is 107 cm³/mol. The van der Waals surface area contributed by atoms with E-state index in [4.69, 9.17) is 21.1 Å². The number of thiophene rings is 1. The maximum Gasteiger partial charge on any atom is 0.363 e. The molecule has 3 aromatic rings. The van der Waals surface area contributed by atoms with Crippen molar-refractivity contribution in [3.63, 3.8) is 0 Å². The summed E-state index contributed by atoms with van der Waals surface area (Å²) in [7, 11) is 0. The van der Waals surface area contributed by atoms with E-state index in [9.17, 15) is 4.79 Å². The molecule has 0 saturated carbocycles. The molecule has 0 bridgehead atoms. The number of cyclic esters (lactones) is 1. The molecule has 0 spiro atoms. The van der Waals surface area contributed by atoms with Gasteiger partial charge in [0.25, 0.3) is 0 Å². The van der Waals surface area contributed by atoms with Crippen LogP contribution < -0.4 is 4.74 Å². The van der Waals surface area contributed by atoms with Crippen LogP contribution in [0.25, 0.3) is 6.08 Å². The minimum absolute atomic E-state index is 0.243. The zero-order chi connectivity index (χ0) is 18.6. The monoisotopic (exact) mass is 395 g/mol. The molecule has 0 fully saturated rings. The lowest BCUT2D eigenvalue weighted by Crippen LogP contribution is -2.03. The second kappa shape index (κ2) is 7.78. The number of carbonyl (C=O) groups excluding carboxylic acids is 1. The molecule has 134 valence electrons. The van der Waals surface area contributed by atoms with E-state index in [2.05, 4.69) is 4.99 Å². The minimum Gasteiger partial charge on any atom is -0.488 e. The highest BCUT2D eigenvalue weighted by atomic mass is 35.5. The Morgan fingerprint density at radius 1 is 1.07 bits per heavy atom. The molecule has 2 heterocycles. The van der Waals surface area contributed by atoms with Gasteiger partial charge in [0.15, 0.2) is 5.70 Å². The van der Waals surface area contributed by atoms with Gasteiger partial charge in [0.05, 0.1) is 4.88 Å². The van der Waals surface area contributed by atoms with Crippen molar-refractivity contribution >= 4 is 40.9 Å².